The number of rotatable bonds is 6. The molecule has 0 spiro atoms. The van der Waals surface area contributed by atoms with Gasteiger partial charge in [-0.15, -0.1) is 0 Å². The maximum Gasteiger partial charge on any atom is 0.0541 e. The van der Waals surface area contributed by atoms with E-state index in [1.54, 1.807) is 0 Å². The van der Waals surface area contributed by atoms with Crippen molar-refractivity contribution < 1.29 is 0 Å². The first kappa shape index (κ1) is 41.5. The van der Waals surface area contributed by atoms with Crippen LogP contribution >= 0.6 is 0 Å². The Balaban J connectivity index is 1.10. The Morgan fingerprint density at radius 3 is 1.35 bits per heavy atom. The summed E-state index contributed by atoms with van der Waals surface area (Å²) in [5.74, 6) is 0. The summed E-state index contributed by atoms with van der Waals surface area (Å²) in [6, 6.07) is 70.8. The minimum Gasteiger partial charge on any atom is -0.310 e. The molecule has 0 bridgehead atoms. The fraction of sp³-hybridized carbons (Fsp3) is 0.188. The third kappa shape index (κ3) is 7.02. The zero-order valence-electron chi connectivity index (χ0n) is 39.8. The summed E-state index contributed by atoms with van der Waals surface area (Å²) in [6.45, 7) is 20.7. The molecule has 10 aromatic carbocycles. The first-order chi connectivity index (χ1) is 31.6. The number of nitrogens with zero attached hydrogens (tertiary/aromatic N) is 2. The van der Waals surface area contributed by atoms with Gasteiger partial charge in [-0.05, 0) is 143 Å². The maximum absolute atomic E-state index is 2.52. The monoisotopic (exact) mass is 854 g/mol. The summed E-state index contributed by atoms with van der Waals surface area (Å²) in [4.78, 5) is 2.45. The smallest absolute Gasteiger partial charge is 0.0541 e. The molecule has 0 radical (unpaired) electrons. The standard InChI is InChI=1S/C64H58N2/c1-62(2,3)47-24-30-51(31-25-47)65(50-28-18-42(19-29-50)46-17-13-16-45(38-46)41-14-11-10-12-15-41)56-34-22-43-21-33-53-57(35-23-44-20-32-52(56)60(43)61(44)53)66-58-36-26-48(63(4,5)6)39-54(58)55-40-49(64(7,8)9)27-37-59(55)66/h10-40H,1-9H3. The summed E-state index contributed by atoms with van der Waals surface area (Å²) in [5, 5.41) is 10.2. The minimum absolute atomic E-state index is 0.0357. The number of fused-ring (bicyclic) bond motifs is 3. The van der Waals surface area contributed by atoms with Crippen molar-refractivity contribution in [1.29, 1.82) is 0 Å². The predicted molar refractivity (Wildman–Crippen MR) is 286 cm³/mol. The number of benzene rings is 10. The maximum atomic E-state index is 2.52. The van der Waals surface area contributed by atoms with E-state index in [2.05, 4.69) is 260 Å². The molecule has 0 aliphatic rings. The summed E-state index contributed by atoms with van der Waals surface area (Å²) in [5.41, 5.74) is 16.1. The van der Waals surface area contributed by atoms with Gasteiger partial charge in [-0.2, -0.15) is 0 Å². The Morgan fingerprint density at radius 1 is 0.333 bits per heavy atom. The second-order valence-corrected chi connectivity index (χ2v) is 21.5. The van der Waals surface area contributed by atoms with Gasteiger partial charge in [-0.3, -0.25) is 0 Å². The van der Waals surface area contributed by atoms with E-state index in [-0.39, 0.29) is 16.2 Å². The topological polar surface area (TPSA) is 8.17 Å². The second kappa shape index (κ2) is 15.2. The molecule has 0 aliphatic heterocycles. The van der Waals surface area contributed by atoms with Gasteiger partial charge in [0.15, 0.2) is 0 Å². The lowest BCUT2D eigenvalue weighted by Gasteiger charge is -2.29. The fourth-order valence-electron chi connectivity index (χ4n) is 10.2. The molecule has 0 atom stereocenters. The highest BCUT2D eigenvalue weighted by atomic mass is 15.1. The zero-order chi connectivity index (χ0) is 45.7. The molecule has 2 nitrogen and oxygen atoms in total. The van der Waals surface area contributed by atoms with Crippen LogP contribution in [0, 0.1) is 0 Å². The van der Waals surface area contributed by atoms with Crippen LogP contribution < -0.4 is 4.90 Å². The van der Waals surface area contributed by atoms with Crippen LogP contribution in [-0.4, -0.2) is 4.57 Å². The van der Waals surface area contributed by atoms with Gasteiger partial charge in [-0.1, -0.05) is 184 Å². The molecule has 0 N–H and O–H groups in total. The van der Waals surface area contributed by atoms with Gasteiger partial charge in [0.25, 0.3) is 0 Å². The van der Waals surface area contributed by atoms with E-state index in [0.717, 1.165) is 17.1 Å². The van der Waals surface area contributed by atoms with Gasteiger partial charge in [0.2, 0.25) is 0 Å². The number of aromatic nitrogens is 1. The van der Waals surface area contributed by atoms with E-state index in [4.69, 9.17) is 0 Å². The molecular weight excluding hydrogens is 797 g/mol. The molecule has 2 heteroatoms. The second-order valence-electron chi connectivity index (χ2n) is 21.5. The van der Waals surface area contributed by atoms with E-state index in [9.17, 15) is 0 Å². The molecule has 11 aromatic rings. The highest BCUT2D eigenvalue weighted by Gasteiger charge is 2.24. The first-order valence-corrected chi connectivity index (χ1v) is 23.6. The minimum atomic E-state index is 0.0357. The van der Waals surface area contributed by atoms with Crippen LogP contribution in [0.15, 0.2) is 188 Å². The predicted octanol–water partition coefficient (Wildman–Crippen LogP) is 18.4. The Hall–Kier alpha value is -7.16. The normalized spacial score (nSPS) is 12.6. The van der Waals surface area contributed by atoms with Crippen LogP contribution in [0.3, 0.4) is 0 Å². The Kier molecular flexibility index (Phi) is 9.57. The lowest BCUT2D eigenvalue weighted by molar-refractivity contribution is 0.590. The van der Waals surface area contributed by atoms with Gasteiger partial charge in [0.05, 0.1) is 22.4 Å². The molecule has 1 heterocycles. The lowest BCUT2D eigenvalue weighted by atomic mass is 9.85. The molecule has 0 amide bonds. The van der Waals surface area contributed by atoms with E-state index in [1.807, 2.05) is 0 Å². The number of hydrogen-bond donors (Lipinski definition) is 0. The highest BCUT2D eigenvalue weighted by Crippen LogP contribution is 2.47. The van der Waals surface area contributed by atoms with Crippen LogP contribution in [0.4, 0.5) is 17.1 Å². The van der Waals surface area contributed by atoms with Gasteiger partial charge in [-0.25, -0.2) is 0 Å². The van der Waals surface area contributed by atoms with Crippen molar-refractivity contribution in [3.8, 4) is 27.9 Å². The van der Waals surface area contributed by atoms with Crippen molar-refractivity contribution in [2.75, 3.05) is 4.90 Å². The average molecular weight is 855 g/mol. The largest absolute Gasteiger partial charge is 0.310 e. The molecule has 0 saturated carbocycles. The quantitative estimate of drug-likeness (QED) is 0.151. The van der Waals surface area contributed by atoms with Crippen molar-refractivity contribution in [2.45, 2.75) is 78.6 Å². The van der Waals surface area contributed by atoms with E-state index < -0.39 is 0 Å². The summed E-state index contributed by atoms with van der Waals surface area (Å²) >= 11 is 0. The zero-order valence-corrected chi connectivity index (χ0v) is 39.8. The molecule has 66 heavy (non-hydrogen) atoms. The van der Waals surface area contributed by atoms with E-state index >= 15 is 0 Å². The number of anilines is 3. The van der Waals surface area contributed by atoms with Crippen LogP contribution in [-0.2, 0) is 16.2 Å². The van der Waals surface area contributed by atoms with Crippen LogP contribution in [0.5, 0.6) is 0 Å². The lowest BCUT2D eigenvalue weighted by Crippen LogP contribution is -2.13. The Labute approximate surface area is 390 Å². The van der Waals surface area contributed by atoms with Crippen molar-refractivity contribution in [3.05, 3.63) is 205 Å². The first-order valence-electron chi connectivity index (χ1n) is 23.6. The molecule has 11 rings (SSSR count). The van der Waals surface area contributed by atoms with Gasteiger partial charge in [0.1, 0.15) is 0 Å². The molecule has 0 fully saturated rings. The summed E-state index contributed by atoms with van der Waals surface area (Å²) in [6.07, 6.45) is 0. The van der Waals surface area contributed by atoms with Crippen molar-refractivity contribution in [1.82, 2.24) is 4.57 Å². The summed E-state index contributed by atoms with van der Waals surface area (Å²) in [7, 11) is 0. The van der Waals surface area contributed by atoms with Crippen molar-refractivity contribution >= 4 is 71.2 Å². The average Bonchev–Trinajstić information content (AvgIpc) is 3.64. The van der Waals surface area contributed by atoms with Gasteiger partial charge < -0.3 is 9.47 Å². The molecule has 324 valence electrons. The molecular formula is C64H58N2. The molecule has 0 saturated heterocycles. The van der Waals surface area contributed by atoms with E-state index in [0.29, 0.717) is 0 Å². The van der Waals surface area contributed by atoms with Crippen LogP contribution in [0.25, 0.3) is 82.1 Å². The van der Waals surface area contributed by atoms with Crippen molar-refractivity contribution in [2.24, 2.45) is 0 Å². The molecule has 0 unspecified atom stereocenters. The third-order valence-electron chi connectivity index (χ3n) is 14.0. The molecule has 0 aliphatic carbocycles. The number of hydrogen-bond acceptors (Lipinski definition) is 1. The van der Waals surface area contributed by atoms with Crippen LogP contribution in [0.1, 0.15) is 79.0 Å². The van der Waals surface area contributed by atoms with Crippen LogP contribution in [0.2, 0.25) is 0 Å². The summed E-state index contributed by atoms with van der Waals surface area (Å²) < 4.78 is 2.52. The fourth-order valence-corrected chi connectivity index (χ4v) is 10.2. The van der Waals surface area contributed by atoms with Gasteiger partial charge >= 0.3 is 0 Å². The van der Waals surface area contributed by atoms with Crippen molar-refractivity contribution in [3.63, 3.8) is 0 Å². The third-order valence-corrected chi connectivity index (χ3v) is 14.0. The van der Waals surface area contributed by atoms with E-state index in [1.165, 1.54) is 98.8 Å². The molecule has 1 aromatic heterocycles. The Bertz CT molecular complexity index is 3530. The highest BCUT2D eigenvalue weighted by molar-refractivity contribution is 6.27. The van der Waals surface area contributed by atoms with Gasteiger partial charge in [0, 0.05) is 32.9 Å². The Morgan fingerprint density at radius 2 is 0.788 bits per heavy atom. The SMILES string of the molecule is CC(C)(C)c1ccc(N(c2ccc(-c3cccc(-c4ccccc4)c3)cc2)c2ccc3ccc4c(-n5c6ccc(C(C)(C)C)cc6c6cc(C(C)(C)C)ccc65)ccc5ccc2c3c54)cc1.